The molecule has 0 fully saturated rings. The molecule has 0 bridgehead atoms. The number of benzene rings is 2. The van der Waals surface area contributed by atoms with Crippen molar-refractivity contribution in [3.8, 4) is 17.2 Å². The molecular weight excluding hydrogens is 469 g/mol. The van der Waals surface area contributed by atoms with Crippen LogP contribution in [0.25, 0.3) is 0 Å². The molecule has 0 heterocycles. The number of hydrogen-bond donors (Lipinski definition) is 2. The van der Waals surface area contributed by atoms with Gasteiger partial charge in [-0.25, -0.2) is 0 Å². The van der Waals surface area contributed by atoms with Gasteiger partial charge in [-0.1, -0.05) is 24.3 Å². The Balaban J connectivity index is 0.00000392. The molecule has 0 amide bonds. The number of para-hydroxylation sites is 1. The summed E-state index contributed by atoms with van der Waals surface area (Å²) in [5.74, 6) is 3.12. The molecule has 7 heteroatoms. The van der Waals surface area contributed by atoms with E-state index >= 15 is 0 Å². The summed E-state index contributed by atoms with van der Waals surface area (Å²) in [5.41, 5.74) is 2.23. The number of hydrogen-bond acceptors (Lipinski definition) is 4. The fourth-order valence-electron chi connectivity index (χ4n) is 2.58. The molecular formula is C21H30IN3O3. The van der Waals surface area contributed by atoms with E-state index in [0.29, 0.717) is 18.9 Å². The number of nitrogens with one attached hydrogen (secondary N) is 2. The van der Waals surface area contributed by atoms with Crippen LogP contribution in [0, 0.1) is 6.92 Å². The van der Waals surface area contributed by atoms with Crippen molar-refractivity contribution in [1.82, 2.24) is 10.6 Å². The number of halogens is 1. The van der Waals surface area contributed by atoms with Crippen molar-refractivity contribution >= 4 is 29.9 Å². The standard InChI is InChI=1S/C21H29N3O3.HI/c1-16-8-5-6-9-18(16)27-13-7-12-23-21(22-2)24-15-17-10-11-19(25-3)20(14-17)26-4;/h5-6,8-11,14H,7,12-13,15H2,1-4H3,(H2,22,23,24);1H. The molecule has 2 rings (SSSR count). The molecule has 6 nitrogen and oxygen atoms in total. The number of aliphatic imine (C=N–C) groups is 1. The lowest BCUT2D eigenvalue weighted by Crippen LogP contribution is -2.37. The van der Waals surface area contributed by atoms with Crippen LogP contribution in [-0.4, -0.2) is 40.4 Å². The summed E-state index contributed by atoms with van der Waals surface area (Å²) in [6.45, 7) is 4.12. The second kappa shape index (κ2) is 13.1. The maximum Gasteiger partial charge on any atom is 0.191 e. The van der Waals surface area contributed by atoms with E-state index in [9.17, 15) is 0 Å². The van der Waals surface area contributed by atoms with Crippen molar-refractivity contribution in [3.63, 3.8) is 0 Å². The van der Waals surface area contributed by atoms with Gasteiger partial charge in [0, 0.05) is 20.1 Å². The van der Waals surface area contributed by atoms with Crippen molar-refractivity contribution in [2.45, 2.75) is 19.9 Å². The molecule has 0 spiro atoms. The van der Waals surface area contributed by atoms with Gasteiger partial charge < -0.3 is 24.8 Å². The lowest BCUT2D eigenvalue weighted by atomic mass is 10.2. The van der Waals surface area contributed by atoms with E-state index in [1.165, 1.54) is 0 Å². The van der Waals surface area contributed by atoms with Crippen LogP contribution in [-0.2, 0) is 6.54 Å². The van der Waals surface area contributed by atoms with Crippen LogP contribution in [0.5, 0.6) is 17.2 Å². The van der Waals surface area contributed by atoms with Crippen LogP contribution in [0.1, 0.15) is 17.5 Å². The van der Waals surface area contributed by atoms with Gasteiger partial charge in [0.2, 0.25) is 0 Å². The molecule has 0 unspecified atom stereocenters. The lowest BCUT2D eigenvalue weighted by molar-refractivity contribution is 0.309. The Kier molecular flexibility index (Phi) is 11.2. The van der Waals surface area contributed by atoms with Crippen molar-refractivity contribution in [3.05, 3.63) is 53.6 Å². The van der Waals surface area contributed by atoms with Gasteiger partial charge >= 0.3 is 0 Å². The maximum atomic E-state index is 5.80. The topological polar surface area (TPSA) is 64.1 Å². The lowest BCUT2D eigenvalue weighted by Gasteiger charge is -2.14. The Hall–Kier alpha value is -2.16. The second-order valence-electron chi connectivity index (χ2n) is 6.01. The van der Waals surface area contributed by atoms with Gasteiger partial charge in [0.05, 0.1) is 20.8 Å². The summed E-state index contributed by atoms with van der Waals surface area (Å²) in [4.78, 5) is 4.25. The highest BCUT2D eigenvalue weighted by atomic mass is 127. The summed E-state index contributed by atoms with van der Waals surface area (Å²) in [7, 11) is 5.02. The zero-order valence-electron chi connectivity index (χ0n) is 17.0. The third-order valence-corrected chi connectivity index (χ3v) is 4.10. The predicted octanol–water partition coefficient (Wildman–Crippen LogP) is 3.76. The first kappa shape index (κ1) is 23.9. The van der Waals surface area contributed by atoms with Crippen LogP contribution < -0.4 is 24.8 Å². The van der Waals surface area contributed by atoms with Gasteiger partial charge in [0.1, 0.15) is 5.75 Å². The first-order chi connectivity index (χ1) is 13.2. The number of nitrogens with zero attached hydrogens (tertiary/aromatic N) is 1. The van der Waals surface area contributed by atoms with E-state index < -0.39 is 0 Å². The highest BCUT2D eigenvalue weighted by Crippen LogP contribution is 2.27. The van der Waals surface area contributed by atoms with Gasteiger partial charge in [-0.05, 0) is 42.7 Å². The van der Waals surface area contributed by atoms with E-state index in [-0.39, 0.29) is 24.0 Å². The Morgan fingerprint density at radius 3 is 2.39 bits per heavy atom. The van der Waals surface area contributed by atoms with Gasteiger partial charge in [-0.2, -0.15) is 0 Å². The van der Waals surface area contributed by atoms with Crippen LogP contribution in [0.3, 0.4) is 0 Å². The molecule has 0 atom stereocenters. The molecule has 2 N–H and O–H groups in total. The van der Waals surface area contributed by atoms with Crippen LogP contribution in [0.2, 0.25) is 0 Å². The van der Waals surface area contributed by atoms with Crippen molar-refractivity contribution in [2.24, 2.45) is 4.99 Å². The minimum Gasteiger partial charge on any atom is -0.493 e. The van der Waals surface area contributed by atoms with Crippen LogP contribution in [0.4, 0.5) is 0 Å². The Labute approximate surface area is 184 Å². The average Bonchev–Trinajstić information content (AvgIpc) is 2.71. The SMILES string of the molecule is CN=C(NCCCOc1ccccc1C)NCc1ccc(OC)c(OC)c1.I. The molecule has 0 saturated heterocycles. The van der Waals surface area contributed by atoms with Crippen LogP contribution in [0.15, 0.2) is 47.5 Å². The highest BCUT2D eigenvalue weighted by Gasteiger charge is 2.05. The predicted molar refractivity (Wildman–Crippen MR) is 124 cm³/mol. The third-order valence-electron chi connectivity index (χ3n) is 4.10. The number of ether oxygens (including phenoxy) is 3. The van der Waals surface area contributed by atoms with E-state index in [1.807, 2.05) is 49.4 Å². The quantitative estimate of drug-likeness (QED) is 0.238. The smallest absolute Gasteiger partial charge is 0.191 e. The average molecular weight is 499 g/mol. The highest BCUT2D eigenvalue weighted by molar-refractivity contribution is 14.0. The zero-order chi connectivity index (χ0) is 19.5. The van der Waals surface area contributed by atoms with E-state index in [2.05, 4.69) is 15.6 Å². The Morgan fingerprint density at radius 1 is 0.964 bits per heavy atom. The van der Waals surface area contributed by atoms with E-state index in [0.717, 1.165) is 41.6 Å². The van der Waals surface area contributed by atoms with Gasteiger partial charge in [-0.15, -0.1) is 24.0 Å². The largest absolute Gasteiger partial charge is 0.493 e. The van der Waals surface area contributed by atoms with E-state index in [4.69, 9.17) is 14.2 Å². The molecule has 0 aliphatic carbocycles. The summed E-state index contributed by atoms with van der Waals surface area (Å²) < 4.78 is 16.4. The summed E-state index contributed by atoms with van der Waals surface area (Å²) in [6, 6.07) is 13.9. The molecule has 2 aromatic rings. The summed E-state index contributed by atoms with van der Waals surface area (Å²) in [6.07, 6.45) is 0.880. The monoisotopic (exact) mass is 499 g/mol. The van der Waals surface area contributed by atoms with Crippen LogP contribution >= 0.6 is 24.0 Å². The Bertz CT molecular complexity index is 753. The normalized spacial score (nSPS) is 10.6. The number of methoxy groups -OCH3 is 2. The third kappa shape index (κ3) is 7.46. The fourth-order valence-corrected chi connectivity index (χ4v) is 2.58. The summed E-state index contributed by atoms with van der Waals surface area (Å²) in [5, 5.41) is 6.59. The van der Waals surface area contributed by atoms with Gasteiger partial charge in [0.25, 0.3) is 0 Å². The molecule has 0 aliphatic heterocycles. The minimum atomic E-state index is 0. The summed E-state index contributed by atoms with van der Waals surface area (Å²) >= 11 is 0. The molecule has 0 saturated carbocycles. The first-order valence-corrected chi connectivity index (χ1v) is 9.01. The second-order valence-corrected chi connectivity index (χ2v) is 6.01. The Morgan fingerprint density at radius 2 is 1.71 bits per heavy atom. The first-order valence-electron chi connectivity index (χ1n) is 9.01. The molecule has 154 valence electrons. The molecule has 0 aliphatic rings. The van der Waals surface area contributed by atoms with Crippen molar-refractivity contribution < 1.29 is 14.2 Å². The number of rotatable bonds is 9. The molecule has 0 aromatic heterocycles. The molecule has 28 heavy (non-hydrogen) atoms. The number of aryl methyl sites for hydroxylation is 1. The molecule has 0 radical (unpaired) electrons. The van der Waals surface area contributed by atoms with Crippen molar-refractivity contribution in [2.75, 3.05) is 34.4 Å². The van der Waals surface area contributed by atoms with E-state index in [1.54, 1.807) is 21.3 Å². The fraction of sp³-hybridized carbons (Fsp3) is 0.381. The van der Waals surface area contributed by atoms with Gasteiger partial charge in [0.15, 0.2) is 17.5 Å². The zero-order valence-corrected chi connectivity index (χ0v) is 19.3. The van der Waals surface area contributed by atoms with Crippen molar-refractivity contribution in [1.29, 1.82) is 0 Å². The number of guanidine groups is 1. The maximum absolute atomic E-state index is 5.80. The van der Waals surface area contributed by atoms with Gasteiger partial charge in [-0.3, -0.25) is 4.99 Å². The minimum absolute atomic E-state index is 0. The molecule has 2 aromatic carbocycles.